The summed E-state index contributed by atoms with van der Waals surface area (Å²) < 4.78 is 5.53. The molecule has 0 unspecified atom stereocenters. The van der Waals surface area contributed by atoms with Crippen LogP contribution in [-0.4, -0.2) is 72.6 Å². The van der Waals surface area contributed by atoms with Crippen LogP contribution in [0.1, 0.15) is 12.5 Å². The van der Waals surface area contributed by atoms with Gasteiger partial charge >= 0.3 is 0 Å². The van der Waals surface area contributed by atoms with E-state index in [1.807, 2.05) is 24.3 Å². The highest BCUT2D eigenvalue weighted by atomic mass is 16.5. The number of ether oxygens (including phenoxy) is 1. The third-order valence-electron chi connectivity index (χ3n) is 5.79. The Morgan fingerprint density at radius 2 is 1.94 bits per heavy atom. The van der Waals surface area contributed by atoms with Crippen molar-refractivity contribution in [3.8, 4) is 5.75 Å². The molecule has 2 aromatic carbocycles. The lowest BCUT2D eigenvalue weighted by atomic mass is 10.1. The number of hydrogen-bond donors (Lipinski definition) is 2. The number of hydrogen-bond acceptors (Lipinski definition) is 7. The Labute approximate surface area is 188 Å². The summed E-state index contributed by atoms with van der Waals surface area (Å²) in [6.45, 7) is 6.20. The van der Waals surface area contributed by atoms with Crippen LogP contribution in [0.25, 0.3) is 10.9 Å². The van der Waals surface area contributed by atoms with Gasteiger partial charge in [-0.15, -0.1) is 0 Å². The number of piperazine rings is 1. The van der Waals surface area contributed by atoms with E-state index in [-0.39, 0.29) is 5.91 Å². The van der Waals surface area contributed by atoms with Crippen LogP contribution in [0.15, 0.2) is 42.7 Å². The molecule has 0 bridgehead atoms. The van der Waals surface area contributed by atoms with Crippen molar-refractivity contribution in [1.29, 1.82) is 0 Å². The standard InChI is InChI=1S/C24H30N6O2/c1-4-17-6-5-7-18(12-17)27-24-19-13-21(22(32-3)14-20(19)25-16-26-24)28-23(31)15-30-10-8-29(2)9-11-30/h5-7,12-14,16H,4,8-11,15H2,1-3H3,(H,28,31)(H,25,26,27). The molecule has 0 aliphatic carbocycles. The molecule has 2 N–H and O–H groups in total. The molecule has 3 aromatic rings. The second kappa shape index (κ2) is 9.93. The molecule has 32 heavy (non-hydrogen) atoms. The van der Waals surface area contributed by atoms with Crippen LogP contribution in [0.2, 0.25) is 0 Å². The number of carbonyl (C=O) groups excluding carboxylic acids is 1. The number of amides is 1. The second-order valence-electron chi connectivity index (χ2n) is 8.10. The zero-order valence-corrected chi connectivity index (χ0v) is 18.9. The third-order valence-corrected chi connectivity index (χ3v) is 5.79. The Morgan fingerprint density at radius 1 is 1.12 bits per heavy atom. The number of aryl methyl sites for hydroxylation is 1. The molecule has 1 saturated heterocycles. The predicted molar refractivity (Wildman–Crippen MR) is 128 cm³/mol. The van der Waals surface area contributed by atoms with Crippen LogP contribution in [0, 0.1) is 0 Å². The van der Waals surface area contributed by atoms with E-state index in [9.17, 15) is 4.79 Å². The highest BCUT2D eigenvalue weighted by Gasteiger charge is 2.18. The fourth-order valence-corrected chi connectivity index (χ4v) is 3.85. The van der Waals surface area contributed by atoms with Gasteiger partial charge in [-0.1, -0.05) is 19.1 Å². The van der Waals surface area contributed by atoms with E-state index in [1.165, 1.54) is 11.9 Å². The molecule has 8 heteroatoms. The molecule has 1 amide bonds. The van der Waals surface area contributed by atoms with Crippen molar-refractivity contribution in [2.45, 2.75) is 13.3 Å². The number of methoxy groups -OCH3 is 1. The number of carbonyl (C=O) groups is 1. The Morgan fingerprint density at radius 3 is 2.69 bits per heavy atom. The average molecular weight is 435 g/mol. The predicted octanol–water partition coefficient (Wildman–Crippen LogP) is 3.13. The fraction of sp³-hybridized carbons (Fsp3) is 0.375. The molecule has 1 aliphatic rings. The van der Waals surface area contributed by atoms with Crippen LogP contribution in [0.4, 0.5) is 17.2 Å². The molecule has 1 fully saturated rings. The first-order valence-electron chi connectivity index (χ1n) is 10.9. The van der Waals surface area contributed by atoms with Crippen LogP contribution in [0.3, 0.4) is 0 Å². The first kappa shape index (κ1) is 22.0. The van der Waals surface area contributed by atoms with Gasteiger partial charge in [0.2, 0.25) is 5.91 Å². The minimum Gasteiger partial charge on any atom is -0.494 e. The largest absolute Gasteiger partial charge is 0.494 e. The molecule has 8 nitrogen and oxygen atoms in total. The van der Waals surface area contributed by atoms with Crippen molar-refractivity contribution in [3.05, 3.63) is 48.3 Å². The van der Waals surface area contributed by atoms with Gasteiger partial charge in [0.15, 0.2) is 0 Å². The van der Waals surface area contributed by atoms with Crippen molar-refractivity contribution in [3.63, 3.8) is 0 Å². The monoisotopic (exact) mass is 434 g/mol. The van der Waals surface area contributed by atoms with Gasteiger partial charge in [-0.05, 0) is 37.2 Å². The summed E-state index contributed by atoms with van der Waals surface area (Å²) in [6.07, 6.45) is 2.49. The summed E-state index contributed by atoms with van der Waals surface area (Å²) in [5, 5.41) is 7.22. The molecular formula is C24H30N6O2. The van der Waals surface area contributed by atoms with Gasteiger partial charge < -0.3 is 20.3 Å². The molecule has 0 atom stereocenters. The van der Waals surface area contributed by atoms with Gasteiger partial charge in [0.25, 0.3) is 0 Å². The van der Waals surface area contributed by atoms with Gasteiger partial charge in [0, 0.05) is 43.3 Å². The summed E-state index contributed by atoms with van der Waals surface area (Å²) in [7, 11) is 3.69. The SMILES string of the molecule is CCc1cccc(Nc2ncnc3cc(OC)c(NC(=O)CN4CCN(C)CC4)cc23)c1. The van der Waals surface area contributed by atoms with Gasteiger partial charge in [-0.3, -0.25) is 9.69 Å². The van der Waals surface area contributed by atoms with Gasteiger partial charge in [-0.25, -0.2) is 9.97 Å². The molecule has 4 rings (SSSR count). The normalized spacial score (nSPS) is 15.0. The molecule has 0 saturated carbocycles. The third kappa shape index (κ3) is 5.15. The maximum atomic E-state index is 12.7. The number of aromatic nitrogens is 2. The van der Waals surface area contributed by atoms with Crippen molar-refractivity contribution in [2.75, 3.05) is 57.5 Å². The summed E-state index contributed by atoms with van der Waals surface area (Å²) in [5.74, 6) is 1.19. The van der Waals surface area contributed by atoms with E-state index in [2.05, 4.69) is 56.5 Å². The highest BCUT2D eigenvalue weighted by Crippen LogP contribution is 2.33. The molecule has 168 valence electrons. The second-order valence-corrected chi connectivity index (χ2v) is 8.10. The quantitative estimate of drug-likeness (QED) is 0.591. The topological polar surface area (TPSA) is 82.6 Å². The zero-order valence-electron chi connectivity index (χ0n) is 18.9. The maximum absolute atomic E-state index is 12.7. The summed E-state index contributed by atoms with van der Waals surface area (Å²) in [5.41, 5.74) is 3.55. The number of nitrogens with zero attached hydrogens (tertiary/aromatic N) is 4. The lowest BCUT2D eigenvalue weighted by molar-refractivity contribution is -0.117. The Bertz CT molecular complexity index is 1100. The van der Waals surface area contributed by atoms with Gasteiger partial charge in [0.1, 0.15) is 17.9 Å². The minimum atomic E-state index is -0.0609. The summed E-state index contributed by atoms with van der Waals surface area (Å²) >= 11 is 0. The van der Waals surface area contributed by atoms with Gasteiger partial charge in [-0.2, -0.15) is 0 Å². The molecular weight excluding hydrogens is 404 g/mol. The smallest absolute Gasteiger partial charge is 0.238 e. The van der Waals surface area contributed by atoms with Crippen molar-refractivity contribution < 1.29 is 9.53 Å². The molecule has 1 aliphatic heterocycles. The number of nitrogens with one attached hydrogen (secondary N) is 2. The first-order valence-corrected chi connectivity index (χ1v) is 10.9. The Hall–Kier alpha value is -3.23. The lowest BCUT2D eigenvalue weighted by Crippen LogP contribution is -2.47. The Kier molecular flexibility index (Phi) is 6.82. The van der Waals surface area contributed by atoms with Crippen LogP contribution in [-0.2, 0) is 11.2 Å². The number of benzene rings is 2. The molecule has 0 radical (unpaired) electrons. The highest BCUT2D eigenvalue weighted by molar-refractivity contribution is 6.00. The number of rotatable bonds is 7. The number of likely N-dealkylation sites (N-methyl/N-ethyl adjacent to an activating group) is 1. The lowest BCUT2D eigenvalue weighted by Gasteiger charge is -2.31. The Balaban J connectivity index is 1.58. The minimum absolute atomic E-state index is 0.0609. The van der Waals surface area contributed by atoms with Crippen LogP contribution >= 0.6 is 0 Å². The van der Waals surface area contributed by atoms with E-state index in [0.717, 1.165) is 49.2 Å². The molecule has 2 heterocycles. The van der Waals surface area contributed by atoms with E-state index in [1.54, 1.807) is 7.11 Å². The zero-order chi connectivity index (χ0) is 22.5. The average Bonchev–Trinajstić information content (AvgIpc) is 2.80. The van der Waals surface area contributed by atoms with Crippen molar-refractivity contribution >= 4 is 34.0 Å². The number of fused-ring (bicyclic) bond motifs is 1. The fourth-order valence-electron chi connectivity index (χ4n) is 3.85. The summed E-state index contributed by atoms with van der Waals surface area (Å²) in [6, 6.07) is 11.9. The van der Waals surface area contributed by atoms with Crippen molar-refractivity contribution in [1.82, 2.24) is 19.8 Å². The molecule has 0 spiro atoms. The van der Waals surface area contributed by atoms with Gasteiger partial charge in [0.05, 0.1) is 24.9 Å². The summed E-state index contributed by atoms with van der Waals surface area (Å²) in [4.78, 5) is 26.0. The van der Waals surface area contributed by atoms with E-state index >= 15 is 0 Å². The van der Waals surface area contributed by atoms with E-state index < -0.39 is 0 Å². The van der Waals surface area contributed by atoms with Crippen molar-refractivity contribution in [2.24, 2.45) is 0 Å². The maximum Gasteiger partial charge on any atom is 0.238 e. The van der Waals surface area contributed by atoms with E-state index in [0.29, 0.717) is 23.8 Å². The van der Waals surface area contributed by atoms with Crippen LogP contribution < -0.4 is 15.4 Å². The van der Waals surface area contributed by atoms with E-state index in [4.69, 9.17) is 4.74 Å². The number of anilines is 3. The first-order chi connectivity index (χ1) is 15.6. The van der Waals surface area contributed by atoms with Crippen LogP contribution in [0.5, 0.6) is 5.75 Å². The molecule has 1 aromatic heterocycles.